The normalized spacial score (nSPS) is 33.5. The van der Waals surface area contributed by atoms with E-state index in [1.54, 1.807) is 0 Å². The van der Waals surface area contributed by atoms with E-state index in [2.05, 4.69) is 0 Å². The first-order valence-electron chi connectivity index (χ1n) is 3.97. The van der Waals surface area contributed by atoms with E-state index in [1.807, 2.05) is 39.8 Å². The monoisotopic (exact) mass is 170 g/mol. The molecule has 1 atom stereocenters. The number of ether oxygens (including phenoxy) is 2. The molecule has 0 saturated carbocycles. The first kappa shape index (κ1) is 9.10. The zero-order valence-corrected chi connectivity index (χ0v) is 7.88. The fourth-order valence-electron chi connectivity index (χ4n) is 1.18. The maximum absolute atomic E-state index is 10.9. The molecular formula is C9H14O3. The highest BCUT2D eigenvalue weighted by Crippen LogP contribution is 2.37. The van der Waals surface area contributed by atoms with Crippen molar-refractivity contribution in [3.05, 3.63) is 12.2 Å². The number of hydrogen-bond acceptors (Lipinski definition) is 3. The van der Waals surface area contributed by atoms with Crippen LogP contribution in [0.25, 0.3) is 0 Å². The van der Waals surface area contributed by atoms with Crippen molar-refractivity contribution < 1.29 is 14.3 Å². The number of cyclic esters (lactones) is 2. The van der Waals surface area contributed by atoms with Crippen LogP contribution in [0.2, 0.25) is 0 Å². The molecule has 0 aromatic carbocycles. The van der Waals surface area contributed by atoms with E-state index in [4.69, 9.17) is 9.47 Å². The zero-order valence-electron chi connectivity index (χ0n) is 7.88. The molecule has 1 rings (SSSR count). The van der Waals surface area contributed by atoms with Gasteiger partial charge in [0.15, 0.2) is 11.2 Å². The first-order valence-corrected chi connectivity index (χ1v) is 3.97. The van der Waals surface area contributed by atoms with Gasteiger partial charge in [0.2, 0.25) is 0 Å². The topological polar surface area (TPSA) is 35.5 Å². The van der Waals surface area contributed by atoms with Crippen molar-refractivity contribution in [1.82, 2.24) is 0 Å². The molecule has 1 unspecified atom stereocenters. The largest absolute Gasteiger partial charge is 0.509 e. The Labute approximate surface area is 72.4 Å². The van der Waals surface area contributed by atoms with Crippen molar-refractivity contribution in [2.45, 2.75) is 38.9 Å². The maximum atomic E-state index is 10.9. The van der Waals surface area contributed by atoms with Crippen LogP contribution >= 0.6 is 0 Å². The van der Waals surface area contributed by atoms with Crippen molar-refractivity contribution in [2.24, 2.45) is 0 Å². The third-order valence-corrected chi connectivity index (χ3v) is 2.31. The quantitative estimate of drug-likeness (QED) is 0.447. The van der Waals surface area contributed by atoms with E-state index in [0.717, 1.165) is 0 Å². The summed E-state index contributed by atoms with van der Waals surface area (Å²) >= 11 is 0. The molecule has 0 radical (unpaired) electrons. The Balaban J connectivity index is 2.97. The van der Waals surface area contributed by atoms with Crippen molar-refractivity contribution in [2.75, 3.05) is 0 Å². The van der Waals surface area contributed by atoms with Gasteiger partial charge in [0.1, 0.15) is 0 Å². The summed E-state index contributed by atoms with van der Waals surface area (Å²) < 4.78 is 10.1. The Hall–Kier alpha value is -0.990. The van der Waals surface area contributed by atoms with Gasteiger partial charge in [-0.1, -0.05) is 6.08 Å². The summed E-state index contributed by atoms with van der Waals surface area (Å²) in [7, 11) is 0. The molecule has 68 valence electrons. The molecular weight excluding hydrogens is 156 g/mol. The summed E-state index contributed by atoms with van der Waals surface area (Å²) in [6.45, 7) is 7.38. The van der Waals surface area contributed by atoms with Gasteiger partial charge in [0, 0.05) is 0 Å². The standard InChI is InChI=1S/C9H14O3/c1-5-6-9(4)8(2,3)11-7(10)12-9/h5-6H,1-4H3. The number of carbonyl (C=O) groups is 1. The summed E-state index contributed by atoms with van der Waals surface area (Å²) in [5.74, 6) is 0. The maximum Gasteiger partial charge on any atom is 0.509 e. The number of rotatable bonds is 1. The second-order valence-corrected chi connectivity index (χ2v) is 3.57. The lowest BCUT2D eigenvalue weighted by Crippen LogP contribution is -2.42. The molecule has 1 fully saturated rings. The van der Waals surface area contributed by atoms with Gasteiger partial charge in [-0.2, -0.15) is 0 Å². The predicted octanol–water partition coefficient (Wildman–Crippen LogP) is 2.27. The summed E-state index contributed by atoms with van der Waals surface area (Å²) in [5, 5.41) is 0. The molecule has 0 aliphatic carbocycles. The third kappa shape index (κ3) is 1.19. The Bertz CT molecular complexity index is 230. The first-order chi connectivity index (χ1) is 5.41. The molecule has 12 heavy (non-hydrogen) atoms. The van der Waals surface area contributed by atoms with Gasteiger partial charge in [0.25, 0.3) is 0 Å². The van der Waals surface area contributed by atoms with Gasteiger partial charge >= 0.3 is 6.16 Å². The lowest BCUT2D eigenvalue weighted by Gasteiger charge is -2.29. The average molecular weight is 170 g/mol. The SMILES string of the molecule is CC=CC1(C)OC(=O)OC1(C)C. The molecule has 0 spiro atoms. The van der Waals surface area contributed by atoms with E-state index in [1.165, 1.54) is 0 Å². The molecule has 1 aliphatic heterocycles. The van der Waals surface area contributed by atoms with Gasteiger partial charge in [-0.25, -0.2) is 4.79 Å². The number of hydrogen-bond donors (Lipinski definition) is 0. The van der Waals surface area contributed by atoms with Crippen LogP contribution in [0.4, 0.5) is 4.79 Å². The van der Waals surface area contributed by atoms with Crippen molar-refractivity contribution in [3.63, 3.8) is 0 Å². The van der Waals surface area contributed by atoms with Crippen LogP contribution in [-0.4, -0.2) is 17.4 Å². The Morgan fingerprint density at radius 3 is 2.17 bits per heavy atom. The lowest BCUT2D eigenvalue weighted by molar-refractivity contribution is 0.0280. The average Bonchev–Trinajstić information content (AvgIpc) is 2.02. The highest BCUT2D eigenvalue weighted by Gasteiger charge is 2.52. The highest BCUT2D eigenvalue weighted by atomic mass is 16.8. The molecule has 0 aromatic heterocycles. The van der Waals surface area contributed by atoms with E-state index >= 15 is 0 Å². The van der Waals surface area contributed by atoms with Gasteiger partial charge in [-0.15, -0.1) is 0 Å². The van der Waals surface area contributed by atoms with Crippen LogP contribution in [0.15, 0.2) is 12.2 Å². The molecule has 0 N–H and O–H groups in total. The van der Waals surface area contributed by atoms with Crippen molar-refractivity contribution in [1.29, 1.82) is 0 Å². The van der Waals surface area contributed by atoms with Crippen molar-refractivity contribution >= 4 is 6.16 Å². The van der Waals surface area contributed by atoms with E-state index < -0.39 is 17.4 Å². The minimum Gasteiger partial charge on any atom is -0.424 e. The molecule has 1 heterocycles. The second-order valence-electron chi connectivity index (χ2n) is 3.57. The molecule has 0 amide bonds. The smallest absolute Gasteiger partial charge is 0.424 e. The minimum atomic E-state index is -0.640. The van der Waals surface area contributed by atoms with Gasteiger partial charge in [-0.05, 0) is 33.8 Å². The Morgan fingerprint density at radius 2 is 1.83 bits per heavy atom. The van der Waals surface area contributed by atoms with Crippen LogP contribution < -0.4 is 0 Å². The minimum absolute atomic E-state index is 0.587. The van der Waals surface area contributed by atoms with Crippen molar-refractivity contribution in [3.8, 4) is 0 Å². The van der Waals surface area contributed by atoms with E-state index in [0.29, 0.717) is 0 Å². The summed E-state index contributed by atoms with van der Waals surface area (Å²) in [6.07, 6.45) is 3.09. The second kappa shape index (κ2) is 2.51. The Morgan fingerprint density at radius 1 is 1.25 bits per heavy atom. The van der Waals surface area contributed by atoms with Crippen LogP contribution in [-0.2, 0) is 9.47 Å². The molecule has 3 nitrogen and oxygen atoms in total. The van der Waals surface area contributed by atoms with E-state index in [9.17, 15) is 4.79 Å². The molecule has 0 bridgehead atoms. The summed E-state index contributed by atoms with van der Waals surface area (Å²) in [5.41, 5.74) is -1.23. The number of allylic oxidation sites excluding steroid dienone is 1. The summed E-state index contributed by atoms with van der Waals surface area (Å²) in [6, 6.07) is 0. The highest BCUT2D eigenvalue weighted by molar-refractivity contribution is 5.65. The van der Waals surface area contributed by atoms with Crippen LogP contribution in [0.5, 0.6) is 0 Å². The Kier molecular flexibility index (Phi) is 1.90. The predicted molar refractivity (Wildman–Crippen MR) is 44.9 cm³/mol. The third-order valence-electron chi connectivity index (χ3n) is 2.31. The fourth-order valence-corrected chi connectivity index (χ4v) is 1.18. The molecule has 3 heteroatoms. The lowest BCUT2D eigenvalue weighted by atomic mass is 9.87. The van der Waals surface area contributed by atoms with Gasteiger partial charge in [-0.3, -0.25) is 0 Å². The molecule has 1 saturated heterocycles. The summed E-state index contributed by atoms with van der Waals surface area (Å²) in [4.78, 5) is 10.9. The van der Waals surface area contributed by atoms with E-state index in [-0.39, 0.29) is 0 Å². The van der Waals surface area contributed by atoms with Crippen LogP contribution in [0.3, 0.4) is 0 Å². The van der Waals surface area contributed by atoms with Crippen LogP contribution in [0, 0.1) is 0 Å². The molecule has 0 aromatic rings. The fraction of sp³-hybridized carbons (Fsp3) is 0.667. The molecule has 1 aliphatic rings. The van der Waals surface area contributed by atoms with Crippen LogP contribution in [0.1, 0.15) is 27.7 Å². The number of carbonyl (C=O) groups excluding carboxylic acids is 1. The van der Waals surface area contributed by atoms with Gasteiger partial charge in [0.05, 0.1) is 0 Å². The zero-order chi connectivity index (χ0) is 9.41. The van der Waals surface area contributed by atoms with Gasteiger partial charge < -0.3 is 9.47 Å².